The van der Waals surface area contributed by atoms with Gasteiger partial charge in [-0.25, -0.2) is 0 Å². The first-order valence-electron chi connectivity index (χ1n) is 7.26. The van der Waals surface area contributed by atoms with Gasteiger partial charge in [-0.05, 0) is 50.2 Å². The second kappa shape index (κ2) is 7.43. The highest BCUT2D eigenvalue weighted by Gasteiger charge is 2.17. The molecule has 1 heterocycles. The van der Waals surface area contributed by atoms with Crippen LogP contribution in [-0.2, 0) is 13.0 Å². The third kappa shape index (κ3) is 4.09. The monoisotopic (exact) mass is 369 g/mol. The molecule has 1 atom stereocenters. The number of rotatable bonds is 6. The first-order chi connectivity index (χ1) is 10.0. The Balaban J connectivity index is 2.32. The van der Waals surface area contributed by atoms with Crippen molar-refractivity contribution in [3.05, 3.63) is 50.7 Å². The number of benzene rings is 1. The summed E-state index contributed by atoms with van der Waals surface area (Å²) in [5.74, 6) is 0. The van der Waals surface area contributed by atoms with E-state index < -0.39 is 0 Å². The summed E-state index contributed by atoms with van der Waals surface area (Å²) in [5.41, 5.74) is 3.49. The number of hydrogen-bond acceptors (Lipinski definition) is 2. The van der Waals surface area contributed by atoms with Gasteiger partial charge in [0, 0.05) is 34.2 Å². The smallest absolute Gasteiger partial charge is 0.0596 e. The molecule has 0 amide bonds. The number of nitrogens with one attached hydrogen (secondary N) is 1. The van der Waals surface area contributed by atoms with E-state index in [2.05, 4.69) is 50.9 Å². The average molecular weight is 371 g/mol. The van der Waals surface area contributed by atoms with Gasteiger partial charge in [-0.3, -0.25) is 4.68 Å². The van der Waals surface area contributed by atoms with Gasteiger partial charge >= 0.3 is 0 Å². The number of halogens is 2. The highest BCUT2D eigenvalue weighted by Crippen LogP contribution is 2.29. The SMILES string of the molecule is CCNC(Cc1cc(C)nn1CC)c1cc(Cl)ccc1Br. The van der Waals surface area contributed by atoms with Gasteiger partial charge in [-0.15, -0.1) is 0 Å². The maximum atomic E-state index is 6.16. The van der Waals surface area contributed by atoms with E-state index >= 15 is 0 Å². The maximum Gasteiger partial charge on any atom is 0.0596 e. The molecule has 114 valence electrons. The Morgan fingerprint density at radius 3 is 2.76 bits per heavy atom. The van der Waals surface area contributed by atoms with E-state index in [0.717, 1.165) is 34.7 Å². The largest absolute Gasteiger partial charge is 0.310 e. The summed E-state index contributed by atoms with van der Waals surface area (Å²) in [5, 5.41) is 8.83. The number of aryl methyl sites for hydroxylation is 2. The minimum atomic E-state index is 0.212. The number of aromatic nitrogens is 2. The maximum absolute atomic E-state index is 6.16. The summed E-state index contributed by atoms with van der Waals surface area (Å²) < 4.78 is 3.15. The first-order valence-corrected chi connectivity index (χ1v) is 8.43. The normalized spacial score (nSPS) is 12.6. The summed E-state index contributed by atoms with van der Waals surface area (Å²) in [4.78, 5) is 0. The standard InChI is InChI=1S/C16H21BrClN3/c1-4-19-16(14-9-12(18)6-7-15(14)17)10-13-8-11(3)20-21(13)5-2/h6-9,16,19H,4-5,10H2,1-3H3. The molecule has 0 aliphatic heterocycles. The van der Waals surface area contributed by atoms with Crippen molar-refractivity contribution in [2.45, 2.75) is 39.8 Å². The fraction of sp³-hybridized carbons (Fsp3) is 0.438. The van der Waals surface area contributed by atoms with E-state index in [1.165, 1.54) is 11.3 Å². The zero-order valence-electron chi connectivity index (χ0n) is 12.7. The van der Waals surface area contributed by atoms with Gasteiger partial charge in [-0.1, -0.05) is 34.5 Å². The molecule has 1 aromatic heterocycles. The average Bonchev–Trinajstić information content (AvgIpc) is 2.81. The molecule has 21 heavy (non-hydrogen) atoms. The van der Waals surface area contributed by atoms with Gasteiger partial charge < -0.3 is 5.32 Å². The Kier molecular flexibility index (Phi) is 5.85. The molecule has 0 bridgehead atoms. The Labute approximate surface area is 139 Å². The van der Waals surface area contributed by atoms with Gasteiger partial charge in [0.25, 0.3) is 0 Å². The third-order valence-electron chi connectivity index (χ3n) is 3.48. The molecule has 0 saturated heterocycles. The fourth-order valence-corrected chi connectivity index (χ4v) is 3.27. The van der Waals surface area contributed by atoms with E-state index in [1.54, 1.807) is 0 Å². The molecule has 0 aliphatic rings. The zero-order chi connectivity index (χ0) is 15.4. The first kappa shape index (κ1) is 16.5. The lowest BCUT2D eigenvalue weighted by molar-refractivity contribution is 0.515. The van der Waals surface area contributed by atoms with E-state index in [1.807, 2.05) is 25.1 Å². The molecular weight excluding hydrogens is 350 g/mol. The molecule has 0 spiro atoms. The van der Waals surface area contributed by atoms with Crippen LogP contribution in [0.25, 0.3) is 0 Å². The Hall–Kier alpha value is -0.840. The number of hydrogen-bond donors (Lipinski definition) is 1. The Bertz CT molecular complexity index is 610. The lowest BCUT2D eigenvalue weighted by atomic mass is 10.0. The van der Waals surface area contributed by atoms with Crippen LogP contribution in [0.3, 0.4) is 0 Å². The van der Waals surface area contributed by atoms with Crippen molar-refractivity contribution in [1.82, 2.24) is 15.1 Å². The van der Waals surface area contributed by atoms with Crippen LogP contribution in [0.2, 0.25) is 5.02 Å². The minimum absolute atomic E-state index is 0.212. The topological polar surface area (TPSA) is 29.9 Å². The van der Waals surface area contributed by atoms with E-state index in [4.69, 9.17) is 11.6 Å². The quantitative estimate of drug-likeness (QED) is 0.810. The summed E-state index contributed by atoms with van der Waals surface area (Å²) in [6.07, 6.45) is 0.890. The molecule has 1 N–H and O–H groups in total. The molecular formula is C16H21BrClN3. The van der Waals surface area contributed by atoms with Crippen LogP contribution in [-0.4, -0.2) is 16.3 Å². The van der Waals surface area contributed by atoms with E-state index in [-0.39, 0.29) is 6.04 Å². The molecule has 0 saturated carbocycles. The van der Waals surface area contributed by atoms with Crippen LogP contribution >= 0.6 is 27.5 Å². The van der Waals surface area contributed by atoms with Crippen LogP contribution in [0.1, 0.15) is 36.8 Å². The number of likely N-dealkylation sites (N-methyl/N-ethyl adjacent to an activating group) is 1. The van der Waals surface area contributed by atoms with Crippen LogP contribution in [0.15, 0.2) is 28.7 Å². The van der Waals surface area contributed by atoms with Crippen molar-refractivity contribution in [3.8, 4) is 0 Å². The second-order valence-corrected chi connectivity index (χ2v) is 6.36. The molecule has 2 rings (SSSR count). The van der Waals surface area contributed by atoms with Gasteiger partial charge in [0.2, 0.25) is 0 Å². The summed E-state index contributed by atoms with van der Waals surface area (Å²) >= 11 is 9.79. The lowest BCUT2D eigenvalue weighted by Gasteiger charge is -2.20. The highest BCUT2D eigenvalue weighted by atomic mass is 79.9. The molecule has 0 radical (unpaired) electrons. The van der Waals surface area contributed by atoms with E-state index in [0.29, 0.717) is 0 Å². The molecule has 1 unspecified atom stereocenters. The van der Waals surface area contributed by atoms with Gasteiger partial charge in [0.1, 0.15) is 0 Å². The molecule has 5 heteroatoms. The zero-order valence-corrected chi connectivity index (χ0v) is 15.0. The molecule has 2 aromatic rings. The van der Waals surface area contributed by atoms with Crippen molar-refractivity contribution < 1.29 is 0 Å². The Morgan fingerprint density at radius 1 is 1.33 bits per heavy atom. The Morgan fingerprint density at radius 2 is 2.10 bits per heavy atom. The van der Waals surface area contributed by atoms with Crippen LogP contribution in [0.4, 0.5) is 0 Å². The minimum Gasteiger partial charge on any atom is -0.310 e. The lowest BCUT2D eigenvalue weighted by Crippen LogP contribution is -2.24. The predicted molar refractivity (Wildman–Crippen MR) is 91.9 cm³/mol. The predicted octanol–water partition coefficient (Wildman–Crippen LogP) is 4.52. The van der Waals surface area contributed by atoms with Crippen LogP contribution in [0, 0.1) is 6.92 Å². The van der Waals surface area contributed by atoms with Crippen LogP contribution in [0.5, 0.6) is 0 Å². The van der Waals surface area contributed by atoms with Gasteiger partial charge in [0.15, 0.2) is 0 Å². The van der Waals surface area contributed by atoms with Gasteiger partial charge in [-0.2, -0.15) is 5.10 Å². The highest BCUT2D eigenvalue weighted by molar-refractivity contribution is 9.10. The molecule has 0 fully saturated rings. The van der Waals surface area contributed by atoms with Crippen molar-refractivity contribution >= 4 is 27.5 Å². The van der Waals surface area contributed by atoms with Crippen molar-refractivity contribution in [2.75, 3.05) is 6.54 Å². The second-order valence-electron chi connectivity index (χ2n) is 5.07. The van der Waals surface area contributed by atoms with Gasteiger partial charge in [0.05, 0.1) is 5.69 Å². The van der Waals surface area contributed by atoms with Crippen LogP contribution < -0.4 is 5.32 Å². The molecule has 1 aromatic carbocycles. The summed E-state index contributed by atoms with van der Waals surface area (Å²) in [7, 11) is 0. The number of nitrogens with zero attached hydrogens (tertiary/aromatic N) is 2. The molecule has 0 aliphatic carbocycles. The summed E-state index contributed by atoms with van der Waals surface area (Å²) in [6, 6.07) is 8.30. The third-order valence-corrected chi connectivity index (χ3v) is 4.44. The van der Waals surface area contributed by atoms with Crippen molar-refractivity contribution in [1.29, 1.82) is 0 Å². The fourth-order valence-electron chi connectivity index (χ4n) is 2.57. The molecule has 3 nitrogen and oxygen atoms in total. The van der Waals surface area contributed by atoms with E-state index in [9.17, 15) is 0 Å². The summed E-state index contributed by atoms with van der Waals surface area (Å²) in [6.45, 7) is 8.07. The van der Waals surface area contributed by atoms with Crippen molar-refractivity contribution in [2.24, 2.45) is 0 Å². The van der Waals surface area contributed by atoms with Crippen molar-refractivity contribution in [3.63, 3.8) is 0 Å².